The smallest absolute Gasteiger partial charge is 0.236 e. The molecule has 20 heavy (non-hydrogen) atoms. The highest BCUT2D eigenvalue weighted by atomic mass is 16.2. The second kappa shape index (κ2) is 7.99. The van der Waals surface area contributed by atoms with Gasteiger partial charge in [0.2, 0.25) is 5.91 Å². The molecule has 116 valence electrons. The lowest BCUT2D eigenvalue weighted by molar-refractivity contribution is -0.133. The Labute approximate surface area is 123 Å². The summed E-state index contributed by atoms with van der Waals surface area (Å²) < 4.78 is 0. The Kier molecular flexibility index (Phi) is 6.30. The standard InChI is InChI=1S/C16H31N3O/c1-2-14-12-18(11-8-15(14)17)13-16(20)19-9-6-4-3-5-7-10-19/h14-15H,2-13,17H2,1H3. The van der Waals surface area contributed by atoms with Crippen LogP contribution in [0, 0.1) is 5.92 Å². The van der Waals surface area contributed by atoms with Crippen molar-refractivity contribution in [2.75, 3.05) is 32.7 Å². The lowest BCUT2D eigenvalue weighted by atomic mass is 9.91. The monoisotopic (exact) mass is 281 g/mol. The van der Waals surface area contributed by atoms with Crippen LogP contribution >= 0.6 is 0 Å². The number of carbonyl (C=O) groups is 1. The van der Waals surface area contributed by atoms with Gasteiger partial charge in [0.15, 0.2) is 0 Å². The minimum Gasteiger partial charge on any atom is -0.342 e. The lowest BCUT2D eigenvalue weighted by Crippen LogP contribution is -2.50. The zero-order chi connectivity index (χ0) is 14.4. The van der Waals surface area contributed by atoms with E-state index >= 15 is 0 Å². The molecule has 2 aliphatic rings. The molecular formula is C16H31N3O. The number of nitrogens with two attached hydrogens (primary N) is 1. The van der Waals surface area contributed by atoms with E-state index in [1.54, 1.807) is 0 Å². The van der Waals surface area contributed by atoms with Gasteiger partial charge in [-0.3, -0.25) is 9.69 Å². The van der Waals surface area contributed by atoms with Crippen LogP contribution in [0.2, 0.25) is 0 Å². The number of rotatable bonds is 3. The largest absolute Gasteiger partial charge is 0.342 e. The van der Waals surface area contributed by atoms with Crippen molar-refractivity contribution in [1.29, 1.82) is 0 Å². The molecule has 0 saturated carbocycles. The molecule has 0 aromatic heterocycles. The lowest BCUT2D eigenvalue weighted by Gasteiger charge is -2.37. The van der Waals surface area contributed by atoms with Crippen molar-refractivity contribution in [2.45, 2.75) is 57.9 Å². The van der Waals surface area contributed by atoms with Crippen molar-refractivity contribution in [3.63, 3.8) is 0 Å². The van der Waals surface area contributed by atoms with Crippen LogP contribution in [-0.4, -0.2) is 54.5 Å². The molecule has 0 spiro atoms. The summed E-state index contributed by atoms with van der Waals surface area (Å²) in [4.78, 5) is 16.9. The first kappa shape index (κ1) is 15.8. The van der Waals surface area contributed by atoms with Gasteiger partial charge in [-0.2, -0.15) is 0 Å². The molecular weight excluding hydrogens is 250 g/mol. The highest BCUT2D eigenvalue weighted by Crippen LogP contribution is 2.19. The molecule has 4 nitrogen and oxygen atoms in total. The number of hydrogen-bond donors (Lipinski definition) is 1. The molecule has 0 aromatic carbocycles. The Bertz CT molecular complexity index is 300. The maximum Gasteiger partial charge on any atom is 0.236 e. The Morgan fingerprint density at radius 2 is 1.75 bits per heavy atom. The van der Waals surface area contributed by atoms with E-state index in [2.05, 4.69) is 16.7 Å². The van der Waals surface area contributed by atoms with Crippen molar-refractivity contribution in [3.05, 3.63) is 0 Å². The van der Waals surface area contributed by atoms with Crippen LogP contribution in [0.5, 0.6) is 0 Å². The Hall–Kier alpha value is -0.610. The zero-order valence-electron chi connectivity index (χ0n) is 13.0. The van der Waals surface area contributed by atoms with Crippen LogP contribution in [0.15, 0.2) is 0 Å². The van der Waals surface area contributed by atoms with Crippen LogP contribution < -0.4 is 5.73 Å². The molecule has 1 amide bonds. The number of hydrogen-bond acceptors (Lipinski definition) is 3. The van der Waals surface area contributed by atoms with E-state index in [9.17, 15) is 4.79 Å². The quantitative estimate of drug-likeness (QED) is 0.859. The van der Waals surface area contributed by atoms with Gasteiger partial charge in [-0.05, 0) is 25.2 Å². The van der Waals surface area contributed by atoms with Gasteiger partial charge in [-0.1, -0.05) is 32.6 Å². The summed E-state index contributed by atoms with van der Waals surface area (Å²) in [6.45, 7) is 6.71. The molecule has 2 fully saturated rings. The molecule has 2 unspecified atom stereocenters. The van der Waals surface area contributed by atoms with Crippen molar-refractivity contribution in [3.8, 4) is 0 Å². The normalized spacial score (nSPS) is 29.8. The molecule has 0 radical (unpaired) electrons. The first-order valence-electron chi connectivity index (χ1n) is 8.46. The number of carbonyl (C=O) groups excluding carboxylic acids is 1. The highest BCUT2D eigenvalue weighted by Gasteiger charge is 2.27. The van der Waals surface area contributed by atoms with Crippen LogP contribution in [0.25, 0.3) is 0 Å². The topological polar surface area (TPSA) is 49.6 Å². The third kappa shape index (κ3) is 4.45. The summed E-state index contributed by atoms with van der Waals surface area (Å²) in [6.07, 6.45) is 8.40. The summed E-state index contributed by atoms with van der Waals surface area (Å²) in [5, 5.41) is 0. The minimum absolute atomic E-state index is 0.327. The number of piperidine rings is 1. The third-order valence-electron chi connectivity index (χ3n) is 4.97. The Balaban J connectivity index is 1.80. The third-order valence-corrected chi connectivity index (χ3v) is 4.97. The Morgan fingerprint density at radius 1 is 1.10 bits per heavy atom. The molecule has 0 bridgehead atoms. The molecule has 0 aromatic rings. The van der Waals surface area contributed by atoms with Crippen LogP contribution in [-0.2, 0) is 4.79 Å². The van der Waals surface area contributed by atoms with Crippen LogP contribution in [0.1, 0.15) is 51.9 Å². The maximum atomic E-state index is 12.5. The summed E-state index contributed by atoms with van der Waals surface area (Å²) in [7, 11) is 0. The van der Waals surface area contributed by atoms with E-state index in [4.69, 9.17) is 5.73 Å². The van der Waals surface area contributed by atoms with E-state index in [1.807, 2.05) is 0 Å². The average Bonchev–Trinajstić information content (AvgIpc) is 2.40. The number of amides is 1. The number of nitrogens with zero attached hydrogens (tertiary/aromatic N) is 2. The van der Waals surface area contributed by atoms with Gasteiger partial charge in [0.05, 0.1) is 6.54 Å². The molecule has 2 aliphatic heterocycles. The fraction of sp³-hybridized carbons (Fsp3) is 0.938. The van der Waals surface area contributed by atoms with E-state index in [0.717, 1.165) is 39.0 Å². The van der Waals surface area contributed by atoms with Crippen molar-refractivity contribution >= 4 is 5.91 Å². The van der Waals surface area contributed by atoms with Crippen LogP contribution in [0.3, 0.4) is 0 Å². The summed E-state index contributed by atoms with van der Waals surface area (Å²) in [6, 6.07) is 0.327. The summed E-state index contributed by atoms with van der Waals surface area (Å²) in [5.74, 6) is 0.890. The van der Waals surface area contributed by atoms with E-state index in [0.29, 0.717) is 24.4 Å². The minimum atomic E-state index is 0.327. The second-order valence-corrected chi connectivity index (χ2v) is 6.50. The van der Waals surface area contributed by atoms with Crippen molar-refractivity contribution < 1.29 is 4.79 Å². The zero-order valence-corrected chi connectivity index (χ0v) is 13.0. The van der Waals surface area contributed by atoms with Gasteiger partial charge in [-0.25, -0.2) is 0 Å². The Morgan fingerprint density at radius 3 is 2.40 bits per heavy atom. The van der Waals surface area contributed by atoms with Gasteiger partial charge < -0.3 is 10.6 Å². The van der Waals surface area contributed by atoms with Gasteiger partial charge >= 0.3 is 0 Å². The van der Waals surface area contributed by atoms with E-state index in [-0.39, 0.29) is 0 Å². The summed E-state index contributed by atoms with van der Waals surface area (Å²) in [5.41, 5.74) is 6.14. The predicted octanol–water partition coefficient (Wildman–Crippen LogP) is 1.84. The van der Waals surface area contributed by atoms with Gasteiger partial charge in [-0.15, -0.1) is 0 Å². The molecule has 2 heterocycles. The molecule has 2 atom stereocenters. The maximum absolute atomic E-state index is 12.5. The molecule has 2 N–H and O–H groups in total. The number of likely N-dealkylation sites (tertiary alicyclic amines) is 2. The van der Waals surface area contributed by atoms with Gasteiger partial charge in [0.1, 0.15) is 0 Å². The first-order chi connectivity index (χ1) is 9.70. The fourth-order valence-electron chi connectivity index (χ4n) is 3.49. The van der Waals surface area contributed by atoms with Gasteiger partial charge in [0, 0.05) is 32.2 Å². The second-order valence-electron chi connectivity index (χ2n) is 6.50. The average molecular weight is 281 g/mol. The van der Waals surface area contributed by atoms with Crippen LogP contribution in [0.4, 0.5) is 0 Å². The predicted molar refractivity (Wildman–Crippen MR) is 82.5 cm³/mol. The van der Waals surface area contributed by atoms with E-state index in [1.165, 1.54) is 32.1 Å². The highest BCUT2D eigenvalue weighted by molar-refractivity contribution is 5.78. The van der Waals surface area contributed by atoms with Gasteiger partial charge in [0.25, 0.3) is 0 Å². The SMILES string of the molecule is CCC1CN(CC(=O)N2CCCCCCC2)CCC1N. The van der Waals surface area contributed by atoms with Crippen molar-refractivity contribution in [1.82, 2.24) is 9.80 Å². The molecule has 0 aliphatic carbocycles. The van der Waals surface area contributed by atoms with Crippen molar-refractivity contribution in [2.24, 2.45) is 11.7 Å². The summed E-state index contributed by atoms with van der Waals surface area (Å²) >= 11 is 0. The molecule has 2 rings (SSSR count). The fourth-order valence-corrected chi connectivity index (χ4v) is 3.49. The van der Waals surface area contributed by atoms with E-state index < -0.39 is 0 Å². The molecule has 4 heteroatoms. The molecule has 2 saturated heterocycles. The first-order valence-corrected chi connectivity index (χ1v) is 8.46.